The number of carboxylic acid groups (broad SMARTS) is 1. The van der Waals surface area contributed by atoms with Crippen molar-refractivity contribution in [1.82, 2.24) is 9.78 Å². The Morgan fingerprint density at radius 2 is 1.70 bits per heavy atom. The van der Waals surface area contributed by atoms with Crippen LogP contribution in [0.15, 0.2) is 85.2 Å². The molecule has 1 N–H and O–H groups in total. The lowest BCUT2D eigenvalue weighted by Crippen LogP contribution is -2.42. The van der Waals surface area contributed by atoms with E-state index in [1.807, 2.05) is 30.1 Å². The molecule has 0 spiro atoms. The highest BCUT2D eigenvalue weighted by Crippen LogP contribution is 2.44. The van der Waals surface area contributed by atoms with Gasteiger partial charge in [-0.2, -0.15) is 5.10 Å². The van der Waals surface area contributed by atoms with E-state index in [9.17, 15) is 4.79 Å². The maximum atomic E-state index is 11.0. The number of nitrogens with zero attached hydrogens (tertiary/aromatic N) is 3. The molecule has 1 aromatic heterocycles. The van der Waals surface area contributed by atoms with Gasteiger partial charge in [-0.05, 0) is 83.7 Å². The molecule has 0 radical (unpaired) electrons. The first kappa shape index (κ1) is 23.3. The Balaban J connectivity index is 1.42. The number of carbonyl (C=O) groups is 1. The summed E-state index contributed by atoms with van der Waals surface area (Å²) >= 11 is 0. The van der Waals surface area contributed by atoms with Gasteiger partial charge in [0.25, 0.3) is 0 Å². The van der Waals surface area contributed by atoms with Crippen molar-refractivity contribution in [3.05, 3.63) is 113 Å². The van der Waals surface area contributed by atoms with Gasteiger partial charge in [-0.15, -0.1) is 0 Å². The van der Waals surface area contributed by atoms with Gasteiger partial charge in [0.05, 0.1) is 12.2 Å². The van der Waals surface area contributed by atoms with Gasteiger partial charge in [0, 0.05) is 36.6 Å². The lowest BCUT2D eigenvalue weighted by molar-refractivity contribution is -0.131. The van der Waals surface area contributed by atoms with Gasteiger partial charge in [0.1, 0.15) is 0 Å². The Bertz CT molecular complexity index is 1460. The molecule has 5 heteroatoms. The predicted octanol–water partition coefficient (Wildman–Crippen LogP) is 6.60. The van der Waals surface area contributed by atoms with Gasteiger partial charge >= 0.3 is 5.97 Å². The van der Waals surface area contributed by atoms with Crippen LogP contribution < -0.4 is 4.90 Å². The fourth-order valence-corrected chi connectivity index (χ4v) is 5.66. The van der Waals surface area contributed by atoms with Gasteiger partial charge in [-0.3, -0.25) is 4.68 Å². The fraction of sp³-hybridized carbons (Fsp3) is 0.250. The van der Waals surface area contributed by atoms with Crippen LogP contribution in [-0.4, -0.2) is 26.9 Å². The zero-order chi connectivity index (χ0) is 25.5. The molecule has 0 amide bonds. The van der Waals surface area contributed by atoms with Crippen LogP contribution in [-0.2, 0) is 18.3 Å². The zero-order valence-corrected chi connectivity index (χ0v) is 21.2. The lowest BCUT2D eigenvalue weighted by atomic mass is 9.83. The number of aliphatic carboxylic acids is 1. The van der Waals surface area contributed by atoms with E-state index in [-0.39, 0.29) is 6.04 Å². The van der Waals surface area contributed by atoms with Crippen LogP contribution >= 0.6 is 0 Å². The minimum absolute atomic E-state index is 0.0611. The van der Waals surface area contributed by atoms with Crippen LogP contribution in [0, 0.1) is 0 Å². The highest BCUT2D eigenvalue weighted by molar-refractivity contribution is 5.85. The number of fused-ring (bicyclic) bond motifs is 1. The van der Waals surface area contributed by atoms with Crippen molar-refractivity contribution in [3.63, 3.8) is 0 Å². The summed E-state index contributed by atoms with van der Waals surface area (Å²) in [5.41, 5.74) is 9.74. The van der Waals surface area contributed by atoms with Gasteiger partial charge in [-0.25, -0.2) is 4.79 Å². The van der Waals surface area contributed by atoms with Gasteiger partial charge in [0.15, 0.2) is 0 Å². The summed E-state index contributed by atoms with van der Waals surface area (Å²) in [4.78, 5) is 13.5. The molecular formula is C32H31N3O2. The summed E-state index contributed by atoms with van der Waals surface area (Å²) < 4.78 is 1.84. The number of aromatic nitrogens is 2. The third kappa shape index (κ3) is 4.69. The Morgan fingerprint density at radius 1 is 0.973 bits per heavy atom. The number of benzene rings is 3. The SMILES string of the molecule is CC1Cc2cc(-c3cnn(C)c3)ccc2C(c2ccc(/C=C/C(=O)O)cc2)N1c1ccc(C2CC2)cc1. The molecule has 2 unspecified atom stereocenters. The highest BCUT2D eigenvalue weighted by atomic mass is 16.4. The van der Waals surface area contributed by atoms with Crippen molar-refractivity contribution in [2.24, 2.45) is 7.05 Å². The van der Waals surface area contributed by atoms with Crippen LogP contribution in [0.2, 0.25) is 0 Å². The molecule has 0 saturated heterocycles. The van der Waals surface area contributed by atoms with E-state index in [4.69, 9.17) is 5.11 Å². The van der Waals surface area contributed by atoms with E-state index >= 15 is 0 Å². The average Bonchev–Trinajstić information content (AvgIpc) is 3.66. The first-order valence-electron chi connectivity index (χ1n) is 13.0. The molecule has 1 aliphatic carbocycles. The van der Waals surface area contributed by atoms with Gasteiger partial charge in [0.2, 0.25) is 0 Å². The average molecular weight is 490 g/mol. The summed E-state index contributed by atoms with van der Waals surface area (Å²) in [5, 5.41) is 13.4. The molecule has 1 fully saturated rings. The number of hydrogen-bond donors (Lipinski definition) is 1. The molecular weight excluding hydrogens is 458 g/mol. The van der Waals surface area contributed by atoms with Crippen molar-refractivity contribution in [2.45, 2.75) is 44.2 Å². The number of rotatable bonds is 6. The van der Waals surface area contributed by atoms with Crippen molar-refractivity contribution in [3.8, 4) is 11.1 Å². The second-order valence-electron chi connectivity index (χ2n) is 10.4. The maximum absolute atomic E-state index is 11.0. The standard InChI is InChI=1S/C32H31N3O2/c1-21-17-27-18-26(28-19-33-34(2)20-28)12-15-30(27)32(25-6-3-22(4-7-25)5-16-31(36)37)35(21)29-13-10-24(11-14-29)23-8-9-23/h3-7,10-16,18-21,23,32H,8-9,17H2,1-2H3,(H,36,37)/b16-5+. The molecule has 4 aromatic rings. The van der Waals surface area contributed by atoms with E-state index in [1.165, 1.54) is 52.4 Å². The first-order chi connectivity index (χ1) is 18.0. The highest BCUT2D eigenvalue weighted by Gasteiger charge is 2.34. The largest absolute Gasteiger partial charge is 0.478 e. The third-order valence-corrected chi connectivity index (χ3v) is 7.65. The van der Waals surface area contributed by atoms with Crippen molar-refractivity contribution < 1.29 is 9.90 Å². The van der Waals surface area contributed by atoms with Gasteiger partial charge in [-0.1, -0.05) is 54.6 Å². The van der Waals surface area contributed by atoms with E-state index < -0.39 is 5.97 Å². The molecule has 3 aromatic carbocycles. The molecule has 6 rings (SSSR count). The van der Waals surface area contributed by atoms with E-state index in [1.54, 1.807) is 6.08 Å². The van der Waals surface area contributed by atoms with Crippen LogP contribution in [0.25, 0.3) is 17.2 Å². The van der Waals surface area contributed by atoms with Crippen LogP contribution in [0.4, 0.5) is 5.69 Å². The molecule has 5 nitrogen and oxygen atoms in total. The molecule has 2 atom stereocenters. The van der Waals surface area contributed by atoms with Crippen molar-refractivity contribution in [2.75, 3.05) is 4.90 Å². The summed E-state index contributed by atoms with van der Waals surface area (Å²) in [6.45, 7) is 2.31. The van der Waals surface area contributed by atoms with Gasteiger partial charge < -0.3 is 10.0 Å². The third-order valence-electron chi connectivity index (χ3n) is 7.65. The second-order valence-corrected chi connectivity index (χ2v) is 10.4. The van der Waals surface area contributed by atoms with E-state index in [0.717, 1.165) is 23.5 Å². The second kappa shape index (κ2) is 9.40. The minimum Gasteiger partial charge on any atom is -0.478 e. The normalized spacial score (nSPS) is 19.2. The number of hydrogen-bond acceptors (Lipinski definition) is 3. The lowest BCUT2D eigenvalue weighted by Gasteiger charge is -2.44. The molecule has 37 heavy (non-hydrogen) atoms. The van der Waals surface area contributed by atoms with Crippen molar-refractivity contribution >= 4 is 17.7 Å². The fourth-order valence-electron chi connectivity index (χ4n) is 5.66. The molecule has 0 bridgehead atoms. The Hall–Kier alpha value is -4.12. The topological polar surface area (TPSA) is 58.4 Å². The number of carboxylic acids is 1. The molecule has 2 heterocycles. The quantitative estimate of drug-likeness (QED) is 0.310. The van der Waals surface area contributed by atoms with Crippen LogP contribution in [0.3, 0.4) is 0 Å². The minimum atomic E-state index is -0.940. The smallest absolute Gasteiger partial charge is 0.328 e. The van der Waals surface area contributed by atoms with E-state index in [0.29, 0.717) is 6.04 Å². The first-order valence-corrected chi connectivity index (χ1v) is 13.0. The van der Waals surface area contributed by atoms with E-state index in [2.05, 4.69) is 77.7 Å². The summed E-state index contributed by atoms with van der Waals surface area (Å²) in [7, 11) is 1.95. The number of aryl methyl sites for hydroxylation is 1. The maximum Gasteiger partial charge on any atom is 0.328 e. The molecule has 186 valence electrons. The summed E-state index contributed by atoms with van der Waals surface area (Å²) in [5.74, 6) is -0.203. The molecule has 1 saturated carbocycles. The number of anilines is 1. The van der Waals surface area contributed by atoms with Crippen LogP contribution in [0.5, 0.6) is 0 Å². The zero-order valence-electron chi connectivity index (χ0n) is 21.2. The Labute approximate surface area is 217 Å². The molecule has 2 aliphatic rings. The Kier molecular flexibility index (Phi) is 5.91. The predicted molar refractivity (Wildman–Crippen MR) is 148 cm³/mol. The summed E-state index contributed by atoms with van der Waals surface area (Å²) in [6, 6.07) is 24.6. The molecule has 1 aliphatic heterocycles. The monoisotopic (exact) mass is 489 g/mol. The van der Waals surface area contributed by atoms with Crippen LogP contribution in [0.1, 0.15) is 59.5 Å². The van der Waals surface area contributed by atoms with Crippen molar-refractivity contribution in [1.29, 1.82) is 0 Å². The summed E-state index contributed by atoms with van der Waals surface area (Å²) in [6.07, 6.45) is 10.4. The Morgan fingerprint density at radius 3 is 2.35 bits per heavy atom.